The summed E-state index contributed by atoms with van der Waals surface area (Å²) in [7, 11) is 0. The fourth-order valence-electron chi connectivity index (χ4n) is 1.41. The van der Waals surface area contributed by atoms with Gasteiger partial charge in [0.2, 0.25) is 0 Å². The lowest BCUT2D eigenvalue weighted by Crippen LogP contribution is -2.27. The second kappa shape index (κ2) is 6.84. The standard InChI is InChI=1S/C12H15Cl2NO2/c1-3-17-12(16)7-15-8(2)10-5-4-9(13)6-11(10)14/h4-6,8,15H,3,7H2,1-2H3. The van der Waals surface area contributed by atoms with Crippen molar-refractivity contribution in [1.29, 1.82) is 0 Å². The predicted octanol–water partition coefficient (Wildman–Crippen LogP) is 3.21. The number of nitrogens with one attached hydrogen (secondary N) is 1. The van der Waals surface area contributed by atoms with Crippen LogP contribution in [-0.4, -0.2) is 19.1 Å². The molecule has 3 nitrogen and oxygen atoms in total. The molecule has 0 saturated carbocycles. The van der Waals surface area contributed by atoms with Gasteiger partial charge in [0.05, 0.1) is 13.2 Å². The van der Waals surface area contributed by atoms with Crippen LogP contribution < -0.4 is 5.32 Å². The Kier molecular flexibility index (Phi) is 5.75. The lowest BCUT2D eigenvalue weighted by molar-refractivity contribution is -0.142. The minimum absolute atomic E-state index is 0.0378. The Hall–Kier alpha value is -0.770. The molecule has 1 N–H and O–H groups in total. The third-order valence-corrected chi connectivity index (χ3v) is 2.85. The van der Waals surface area contributed by atoms with Crippen molar-refractivity contribution in [1.82, 2.24) is 5.32 Å². The molecule has 17 heavy (non-hydrogen) atoms. The molecule has 1 unspecified atom stereocenters. The van der Waals surface area contributed by atoms with Crippen LogP contribution in [0.2, 0.25) is 10.0 Å². The normalized spacial score (nSPS) is 12.2. The quantitative estimate of drug-likeness (QED) is 0.839. The Morgan fingerprint density at radius 3 is 2.76 bits per heavy atom. The number of benzene rings is 1. The number of esters is 1. The average Bonchev–Trinajstić information content (AvgIpc) is 2.26. The molecule has 0 aromatic heterocycles. The SMILES string of the molecule is CCOC(=O)CNC(C)c1ccc(Cl)cc1Cl. The van der Waals surface area contributed by atoms with E-state index in [-0.39, 0.29) is 18.6 Å². The fraction of sp³-hybridized carbons (Fsp3) is 0.417. The molecule has 0 spiro atoms. The molecule has 0 aliphatic heterocycles. The molecule has 0 fully saturated rings. The Morgan fingerprint density at radius 2 is 2.18 bits per heavy atom. The molecule has 0 saturated heterocycles. The summed E-state index contributed by atoms with van der Waals surface area (Å²) < 4.78 is 4.82. The summed E-state index contributed by atoms with van der Waals surface area (Å²) in [5.41, 5.74) is 0.903. The first-order chi connectivity index (χ1) is 8.04. The van der Waals surface area contributed by atoms with Crippen molar-refractivity contribution >= 4 is 29.2 Å². The van der Waals surface area contributed by atoms with E-state index in [1.807, 2.05) is 13.0 Å². The molecule has 0 aliphatic carbocycles. The first-order valence-electron chi connectivity index (χ1n) is 5.38. The van der Waals surface area contributed by atoms with Crippen LogP contribution in [0.1, 0.15) is 25.5 Å². The van der Waals surface area contributed by atoms with Crippen LogP contribution in [0.15, 0.2) is 18.2 Å². The Bertz CT molecular complexity index is 396. The van der Waals surface area contributed by atoms with Crippen LogP contribution in [0.3, 0.4) is 0 Å². The van der Waals surface area contributed by atoms with Gasteiger partial charge in [-0.3, -0.25) is 4.79 Å². The van der Waals surface area contributed by atoms with Crippen molar-refractivity contribution in [3.63, 3.8) is 0 Å². The molecule has 1 aromatic carbocycles. The maximum absolute atomic E-state index is 11.2. The van der Waals surface area contributed by atoms with Crippen LogP contribution in [0, 0.1) is 0 Å². The number of ether oxygens (including phenoxy) is 1. The van der Waals surface area contributed by atoms with Crippen LogP contribution in [0.5, 0.6) is 0 Å². The van der Waals surface area contributed by atoms with E-state index in [0.717, 1.165) is 5.56 Å². The van der Waals surface area contributed by atoms with Gasteiger partial charge >= 0.3 is 5.97 Å². The highest BCUT2D eigenvalue weighted by molar-refractivity contribution is 6.35. The first-order valence-corrected chi connectivity index (χ1v) is 6.14. The molecule has 5 heteroatoms. The lowest BCUT2D eigenvalue weighted by atomic mass is 10.1. The van der Waals surface area contributed by atoms with Gasteiger partial charge in [-0.1, -0.05) is 29.3 Å². The van der Waals surface area contributed by atoms with Gasteiger partial charge < -0.3 is 10.1 Å². The smallest absolute Gasteiger partial charge is 0.319 e. The molecule has 0 heterocycles. The van der Waals surface area contributed by atoms with Crippen LogP contribution >= 0.6 is 23.2 Å². The van der Waals surface area contributed by atoms with Crippen molar-refractivity contribution in [2.75, 3.05) is 13.2 Å². The number of carbonyl (C=O) groups excluding carboxylic acids is 1. The molecule has 0 radical (unpaired) electrons. The minimum atomic E-state index is -0.274. The van der Waals surface area contributed by atoms with E-state index in [0.29, 0.717) is 16.7 Å². The molecule has 1 aromatic rings. The number of rotatable bonds is 5. The Balaban J connectivity index is 2.57. The Labute approximate surface area is 111 Å². The second-order valence-electron chi connectivity index (χ2n) is 3.57. The highest BCUT2D eigenvalue weighted by atomic mass is 35.5. The van der Waals surface area contributed by atoms with Gasteiger partial charge in [-0.05, 0) is 31.5 Å². The summed E-state index contributed by atoms with van der Waals surface area (Å²) in [6.07, 6.45) is 0. The molecule has 0 aliphatic rings. The zero-order valence-corrected chi connectivity index (χ0v) is 11.3. The molecule has 0 amide bonds. The summed E-state index contributed by atoms with van der Waals surface area (Å²) in [4.78, 5) is 11.2. The molecular weight excluding hydrogens is 261 g/mol. The third kappa shape index (κ3) is 4.54. The molecule has 94 valence electrons. The molecule has 0 bridgehead atoms. The zero-order chi connectivity index (χ0) is 12.8. The highest BCUT2D eigenvalue weighted by Crippen LogP contribution is 2.25. The van der Waals surface area contributed by atoms with E-state index < -0.39 is 0 Å². The van der Waals surface area contributed by atoms with Gasteiger partial charge in [-0.25, -0.2) is 0 Å². The van der Waals surface area contributed by atoms with Crippen molar-refractivity contribution in [3.8, 4) is 0 Å². The lowest BCUT2D eigenvalue weighted by Gasteiger charge is -2.15. The van der Waals surface area contributed by atoms with Crippen LogP contribution in [0.4, 0.5) is 0 Å². The maximum Gasteiger partial charge on any atom is 0.319 e. The predicted molar refractivity (Wildman–Crippen MR) is 69.5 cm³/mol. The minimum Gasteiger partial charge on any atom is -0.465 e. The van der Waals surface area contributed by atoms with Gasteiger partial charge in [-0.15, -0.1) is 0 Å². The number of carbonyl (C=O) groups is 1. The summed E-state index contributed by atoms with van der Waals surface area (Å²) in [5, 5.41) is 4.22. The molecule has 1 atom stereocenters. The van der Waals surface area contributed by atoms with Crippen LogP contribution in [0.25, 0.3) is 0 Å². The van der Waals surface area contributed by atoms with Gasteiger partial charge in [0, 0.05) is 16.1 Å². The van der Waals surface area contributed by atoms with E-state index in [2.05, 4.69) is 5.32 Å². The largest absolute Gasteiger partial charge is 0.465 e. The number of hydrogen-bond donors (Lipinski definition) is 1. The fourth-order valence-corrected chi connectivity index (χ4v) is 1.98. The Morgan fingerprint density at radius 1 is 1.47 bits per heavy atom. The first kappa shape index (κ1) is 14.3. The van der Waals surface area contributed by atoms with E-state index in [1.165, 1.54) is 0 Å². The van der Waals surface area contributed by atoms with Crippen molar-refractivity contribution in [2.45, 2.75) is 19.9 Å². The maximum atomic E-state index is 11.2. The molecular formula is C12H15Cl2NO2. The van der Waals surface area contributed by atoms with E-state index >= 15 is 0 Å². The van der Waals surface area contributed by atoms with Crippen LogP contribution in [-0.2, 0) is 9.53 Å². The summed E-state index contributed by atoms with van der Waals surface area (Å²) in [5.74, 6) is -0.274. The van der Waals surface area contributed by atoms with E-state index in [1.54, 1.807) is 19.1 Å². The third-order valence-electron chi connectivity index (χ3n) is 2.29. The average molecular weight is 276 g/mol. The monoisotopic (exact) mass is 275 g/mol. The van der Waals surface area contributed by atoms with E-state index in [9.17, 15) is 4.79 Å². The van der Waals surface area contributed by atoms with Crippen molar-refractivity contribution < 1.29 is 9.53 Å². The summed E-state index contributed by atoms with van der Waals surface area (Å²) in [6.45, 7) is 4.25. The van der Waals surface area contributed by atoms with Crippen molar-refractivity contribution in [3.05, 3.63) is 33.8 Å². The van der Waals surface area contributed by atoms with E-state index in [4.69, 9.17) is 27.9 Å². The van der Waals surface area contributed by atoms with Gasteiger partial charge in [0.1, 0.15) is 0 Å². The topological polar surface area (TPSA) is 38.3 Å². The second-order valence-corrected chi connectivity index (χ2v) is 4.42. The van der Waals surface area contributed by atoms with Crippen molar-refractivity contribution in [2.24, 2.45) is 0 Å². The van der Waals surface area contributed by atoms with Gasteiger partial charge in [0.15, 0.2) is 0 Å². The highest BCUT2D eigenvalue weighted by Gasteiger charge is 2.11. The molecule has 1 rings (SSSR count). The number of halogens is 2. The zero-order valence-electron chi connectivity index (χ0n) is 9.80. The van der Waals surface area contributed by atoms with Gasteiger partial charge in [0.25, 0.3) is 0 Å². The number of hydrogen-bond acceptors (Lipinski definition) is 3. The van der Waals surface area contributed by atoms with Gasteiger partial charge in [-0.2, -0.15) is 0 Å². The summed E-state index contributed by atoms with van der Waals surface area (Å²) in [6, 6.07) is 5.25. The summed E-state index contributed by atoms with van der Waals surface area (Å²) >= 11 is 11.9.